The second kappa shape index (κ2) is 4.54. The zero-order valence-electron chi connectivity index (χ0n) is 8.29. The number of aliphatic imine (C=N–C) groups is 1. The number of nitrogens with zero attached hydrogens (tertiary/aromatic N) is 1. The molecule has 0 heterocycles. The summed E-state index contributed by atoms with van der Waals surface area (Å²) in [7, 11) is 0. The van der Waals surface area contributed by atoms with Crippen LogP contribution in [0.1, 0.15) is 12.8 Å². The summed E-state index contributed by atoms with van der Waals surface area (Å²) < 4.78 is 36.4. The molecule has 1 aliphatic carbocycles. The minimum Gasteiger partial charge on any atom is -0.480 e. The fourth-order valence-electron chi connectivity index (χ4n) is 1.07. The summed E-state index contributed by atoms with van der Waals surface area (Å²) in [5, 5.41) is 8.38. The monoisotopic (exact) mass is 236 g/mol. The zero-order valence-corrected chi connectivity index (χ0v) is 8.29. The smallest absolute Gasteiger partial charge is 0.430 e. The van der Waals surface area contributed by atoms with Gasteiger partial charge >= 0.3 is 12.1 Å². The number of alkyl halides is 3. The average molecular weight is 236 g/mol. The van der Waals surface area contributed by atoms with Crippen molar-refractivity contribution >= 4 is 11.7 Å². The van der Waals surface area contributed by atoms with E-state index in [1.54, 1.807) is 0 Å². The summed E-state index contributed by atoms with van der Waals surface area (Å²) in [4.78, 5) is 13.8. The SMILES string of the molecule is NC(=CC(=NCC(=O)O)C1CC1)C(F)(F)F. The molecule has 3 N–H and O–H groups in total. The van der Waals surface area contributed by atoms with Crippen LogP contribution in [0.3, 0.4) is 0 Å². The number of aliphatic carboxylic acids is 1. The molecular weight excluding hydrogens is 225 g/mol. The van der Waals surface area contributed by atoms with Gasteiger partial charge in [0.05, 0.1) is 0 Å². The molecule has 0 aromatic heterocycles. The third-order valence-electron chi connectivity index (χ3n) is 2.02. The van der Waals surface area contributed by atoms with Crippen molar-refractivity contribution in [2.45, 2.75) is 19.0 Å². The van der Waals surface area contributed by atoms with E-state index in [4.69, 9.17) is 10.8 Å². The van der Waals surface area contributed by atoms with Crippen LogP contribution in [0, 0.1) is 5.92 Å². The molecule has 0 atom stereocenters. The molecule has 0 aromatic rings. The maximum Gasteiger partial charge on any atom is 0.430 e. The van der Waals surface area contributed by atoms with Gasteiger partial charge in [0, 0.05) is 11.6 Å². The standard InChI is InChI=1S/C9H11F3N2O2/c10-9(11,12)7(13)3-6(5-1-2-5)14-4-8(15)16/h3,5H,1-2,4,13H2,(H,15,16). The fraction of sp³-hybridized carbons (Fsp3) is 0.556. The lowest BCUT2D eigenvalue weighted by molar-refractivity contribution is -0.135. The summed E-state index contributed by atoms with van der Waals surface area (Å²) in [5.74, 6) is -1.27. The highest BCUT2D eigenvalue weighted by atomic mass is 19.4. The van der Waals surface area contributed by atoms with Crippen molar-refractivity contribution in [3.8, 4) is 0 Å². The lowest BCUT2D eigenvalue weighted by atomic mass is 10.2. The van der Waals surface area contributed by atoms with Gasteiger partial charge in [-0.2, -0.15) is 13.2 Å². The average Bonchev–Trinajstić information content (AvgIpc) is 2.92. The summed E-state index contributed by atoms with van der Waals surface area (Å²) in [5.41, 5.74) is 3.71. The van der Waals surface area contributed by atoms with E-state index in [9.17, 15) is 18.0 Å². The van der Waals surface area contributed by atoms with Gasteiger partial charge in [-0.25, -0.2) is 0 Å². The number of hydrogen-bond acceptors (Lipinski definition) is 3. The summed E-state index contributed by atoms with van der Waals surface area (Å²) in [6.07, 6.45) is -2.43. The number of hydrogen-bond donors (Lipinski definition) is 2. The van der Waals surface area contributed by atoms with Gasteiger partial charge in [0.1, 0.15) is 12.2 Å². The Balaban J connectivity index is 2.79. The minimum absolute atomic E-state index is 0.0831. The van der Waals surface area contributed by atoms with Crippen molar-refractivity contribution in [1.82, 2.24) is 0 Å². The first-order valence-electron chi connectivity index (χ1n) is 4.61. The number of carbonyl (C=O) groups is 1. The lowest BCUT2D eigenvalue weighted by Crippen LogP contribution is -2.21. The largest absolute Gasteiger partial charge is 0.480 e. The number of carboxylic acid groups (broad SMARTS) is 1. The predicted octanol–water partition coefficient (Wildman–Crippen LogP) is 1.33. The van der Waals surface area contributed by atoms with Crippen molar-refractivity contribution in [3.63, 3.8) is 0 Å². The summed E-state index contributed by atoms with van der Waals surface area (Å²) in [6, 6.07) is 0. The second-order valence-corrected chi connectivity index (χ2v) is 3.51. The van der Waals surface area contributed by atoms with E-state index in [1.807, 2.05) is 0 Å². The minimum atomic E-state index is -4.60. The molecule has 1 fully saturated rings. The summed E-state index contributed by atoms with van der Waals surface area (Å²) in [6.45, 7) is -0.534. The Morgan fingerprint density at radius 3 is 2.44 bits per heavy atom. The highest BCUT2D eigenvalue weighted by Crippen LogP contribution is 2.32. The molecule has 0 saturated heterocycles. The molecule has 0 amide bonds. The first-order valence-corrected chi connectivity index (χ1v) is 4.61. The van der Waals surface area contributed by atoms with Gasteiger partial charge in [0.25, 0.3) is 0 Å². The van der Waals surface area contributed by atoms with Gasteiger partial charge in [-0.15, -0.1) is 0 Å². The number of nitrogens with two attached hydrogens (primary N) is 1. The quantitative estimate of drug-likeness (QED) is 0.723. The van der Waals surface area contributed by atoms with Gasteiger partial charge in [0.15, 0.2) is 0 Å². The van der Waals surface area contributed by atoms with Gasteiger partial charge in [-0.3, -0.25) is 9.79 Å². The fourth-order valence-corrected chi connectivity index (χ4v) is 1.07. The molecule has 1 saturated carbocycles. The molecule has 7 heteroatoms. The van der Waals surface area contributed by atoms with Crippen LogP contribution < -0.4 is 5.73 Å². The number of rotatable bonds is 4. The van der Waals surface area contributed by atoms with E-state index in [0.29, 0.717) is 0 Å². The van der Waals surface area contributed by atoms with E-state index in [-0.39, 0.29) is 11.6 Å². The Hall–Kier alpha value is -1.53. The van der Waals surface area contributed by atoms with E-state index >= 15 is 0 Å². The molecule has 0 radical (unpaired) electrons. The molecule has 0 aromatic carbocycles. The molecule has 0 spiro atoms. The van der Waals surface area contributed by atoms with Crippen LogP contribution in [0.4, 0.5) is 13.2 Å². The van der Waals surface area contributed by atoms with Crippen LogP contribution >= 0.6 is 0 Å². The van der Waals surface area contributed by atoms with Crippen molar-refractivity contribution in [3.05, 3.63) is 11.8 Å². The van der Waals surface area contributed by atoms with E-state index in [0.717, 1.165) is 18.9 Å². The van der Waals surface area contributed by atoms with Gasteiger partial charge in [-0.1, -0.05) is 0 Å². The Bertz CT molecular complexity index is 343. The van der Waals surface area contributed by atoms with Crippen LogP contribution in [0.25, 0.3) is 0 Å². The molecule has 0 bridgehead atoms. The molecule has 0 aliphatic heterocycles. The first-order chi connectivity index (χ1) is 7.30. The number of halogens is 3. The molecule has 4 nitrogen and oxygen atoms in total. The Labute approximate surface area is 89.7 Å². The second-order valence-electron chi connectivity index (χ2n) is 3.51. The highest BCUT2D eigenvalue weighted by Gasteiger charge is 2.34. The third kappa shape index (κ3) is 3.92. The molecular formula is C9H11F3N2O2. The van der Waals surface area contributed by atoms with Crippen molar-refractivity contribution < 1.29 is 23.1 Å². The molecule has 90 valence electrons. The van der Waals surface area contributed by atoms with E-state index < -0.39 is 24.4 Å². The van der Waals surface area contributed by atoms with Gasteiger partial charge < -0.3 is 10.8 Å². The predicted molar refractivity (Wildman–Crippen MR) is 51.0 cm³/mol. The van der Waals surface area contributed by atoms with Crippen molar-refractivity contribution in [2.24, 2.45) is 16.6 Å². The van der Waals surface area contributed by atoms with E-state index in [2.05, 4.69) is 4.99 Å². The van der Waals surface area contributed by atoms with Crippen LogP contribution in [-0.4, -0.2) is 29.5 Å². The Morgan fingerprint density at radius 1 is 1.50 bits per heavy atom. The highest BCUT2D eigenvalue weighted by molar-refractivity contribution is 5.99. The first kappa shape index (κ1) is 12.5. The third-order valence-corrected chi connectivity index (χ3v) is 2.02. The van der Waals surface area contributed by atoms with E-state index in [1.165, 1.54) is 0 Å². The molecule has 0 unspecified atom stereocenters. The van der Waals surface area contributed by atoms with Crippen LogP contribution in [0.15, 0.2) is 16.8 Å². The van der Waals surface area contributed by atoms with Gasteiger partial charge in [0.2, 0.25) is 0 Å². The lowest BCUT2D eigenvalue weighted by Gasteiger charge is -2.07. The Kier molecular flexibility index (Phi) is 3.56. The normalized spacial score (nSPS) is 18.7. The van der Waals surface area contributed by atoms with Crippen LogP contribution in [0.2, 0.25) is 0 Å². The van der Waals surface area contributed by atoms with Gasteiger partial charge in [-0.05, 0) is 18.9 Å². The number of allylic oxidation sites excluding steroid dienone is 2. The Morgan fingerprint density at radius 2 is 2.06 bits per heavy atom. The summed E-state index contributed by atoms with van der Waals surface area (Å²) >= 11 is 0. The number of carboxylic acids is 1. The zero-order chi connectivity index (χ0) is 12.3. The molecule has 1 rings (SSSR count). The van der Waals surface area contributed by atoms with Crippen molar-refractivity contribution in [2.75, 3.05) is 6.54 Å². The maximum absolute atomic E-state index is 12.1. The molecule has 16 heavy (non-hydrogen) atoms. The topological polar surface area (TPSA) is 75.7 Å². The van der Waals surface area contributed by atoms with Crippen LogP contribution in [-0.2, 0) is 4.79 Å². The van der Waals surface area contributed by atoms with Crippen LogP contribution in [0.5, 0.6) is 0 Å². The molecule has 1 aliphatic rings. The maximum atomic E-state index is 12.1. The van der Waals surface area contributed by atoms with Crippen molar-refractivity contribution in [1.29, 1.82) is 0 Å².